The molecule has 0 unspecified atom stereocenters. The van der Waals surface area contributed by atoms with E-state index in [0.29, 0.717) is 24.1 Å². The summed E-state index contributed by atoms with van der Waals surface area (Å²) in [6.07, 6.45) is 3.41. The number of hydrogen-bond acceptors (Lipinski definition) is 5. The third-order valence-electron chi connectivity index (χ3n) is 4.08. The van der Waals surface area contributed by atoms with Crippen LogP contribution in [0.4, 0.5) is 5.13 Å². The molecule has 1 aromatic carbocycles. The van der Waals surface area contributed by atoms with Gasteiger partial charge in [-0.1, -0.05) is 18.5 Å². The van der Waals surface area contributed by atoms with Crippen LogP contribution in [0.15, 0.2) is 34.7 Å². The number of carbonyl (C=O) groups is 1. The van der Waals surface area contributed by atoms with E-state index in [0.717, 1.165) is 12.8 Å². The fourth-order valence-electron chi connectivity index (χ4n) is 2.80. The number of thiazole rings is 1. The van der Waals surface area contributed by atoms with E-state index in [2.05, 4.69) is 10.3 Å². The Balaban J connectivity index is 1.89. The van der Waals surface area contributed by atoms with E-state index in [1.165, 1.54) is 33.8 Å². The Labute approximate surface area is 155 Å². The number of aromatic nitrogens is 1. The van der Waals surface area contributed by atoms with Gasteiger partial charge in [-0.25, -0.2) is 13.4 Å². The second-order valence-corrected chi connectivity index (χ2v) is 9.26. The van der Waals surface area contributed by atoms with Gasteiger partial charge in [-0.15, -0.1) is 11.3 Å². The molecule has 1 N–H and O–H groups in total. The SMILES string of the molecule is C[C@@H]1CCCN(S(=O)(=O)c2cc(C(=O)Nc3nccs3)ccc2Cl)C1. The van der Waals surface area contributed by atoms with Crippen molar-refractivity contribution in [2.45, 2.75) is 24.7 Å². The summed E-state index contributed by atoms with van der Waals surface area (Å²) in [5.74, 6) is -0.117. The topological polar surface area (TPSA) is 79.4 Å². The van der Waals surface area contributed by atoms with Crippen LogP contribution in [0.2, 0.25) is 5.02 Å². The standard InChI is InChI=1S/C16H18ClN3O3S2/c1-11-3-2-7-20(10-11)25(22,23)14-9-12(4-5-13(14)17)15(21)19-16-18-6-8-24-16/h4-6,8-9,11H,2-3,7,10H2,1H3,(H,18,19,21)/t11-/m1/s1. The molecule has 6 nitrogen and oxygen atoms in total. The molecule has 2 aromatic rings. The Morgan fingerprint density at radius 2 is 2.24 bits per heavy atom. The van der Waals surface area contributed by atoms with E-state index in [4.69, 9.17) is 11.6 Å². The molecule has 9 heteroatoms. The molecule has 1 fully saturated rings. The van der Waals surface area contributed by atoms with Gasteiger partial charge in [0.1, 0.15) is 4.90 Å². The number of nitrogens with one attached hydrogen (secondary N) is 1. The van der Waals surface area contributed by atoms with Crippen LogP contribution in [0.3, 0.4) is 0 Å². The maximum Gasteiger partial charge on any atom is 0.257 e. The van der Waals surface area contributed by atoms with Crippen LogP contribution in [-0.2, 0) is 10.0 Å². The van der Waals surface area contributed by atoms with Crippen LogP contribution in [-0.4, -0.2) is 36.7 Å². The van der Waals surface area contributed by atoms with Crippen molar-refractivity contribution in [3.8, 4) is 0 Å². The number of rotatable bonds is 4. The minimum atomic E-state index is -3.74. The summed E-state index contributed by atoms with van der Waals surface area (Å²) in [7, 11) is -3.74. The fourth-order valence-corrected chi connectivity index (χ4v) is 5.42. The fraction of sp³-hybridized carbons (Fsp3) is 0.375. The van der Waals surface area contributed by atoms with Crippen LogP contribution in [0, 0.1) is 5.92 Å². The number of anilines is 1. The highest BCUT2D eigenvalue weighted by molar-refractivity contribution is 7.89. The van der Waals surface area contributed by atoms with Crippen LogP contribution in [0.5, 0.6) is 0 Å². The first kappa shape index (κ1) is 18.3. The van der Waals surface area contributed by atoms with E-state index >= 15 is 0 Å². The Morgan fingerprint density at radius 1 is 1.44 bits per heavy atom. The van der Waals surface area contributed by atoms with Crippen molar-refractivity contribution in [1.29, 1.82) is 0 Å². The Hall–Kier alpha value is -1.48. The molecular weight excluding hydrogens is 382 g/mol. The van der Waals surface area contributed by atoms with Crippen LogP contribution < -0.4 is 5.32 Å². The van der Waals surface area contributed by atoms with Crippen molar-refractivity contribution in [3.63, 3.8) is 0 Å². The van der Waals surface area contributed by atoms with Crippen LogP contribution >= 0.6 is 22.9 Å². The lowest BCUT2D eigenvalue weighted by atomic mass is 10.0. The first-order valence-corrected chi connectivity index (χ1v) is 10.6. The molecule has 1 amide bonds. The molecule has 0 radical (unpaired) electrons. The Bertz CT molecular complexity index is 869. The van der Waals surface area contributed by atoms with Gasteiger partial charge in [-0.3, -0.25) is 10.1 Å². The molecule has 1 aliphatic rings. The first-order valence-electron chi connectivity index (χ1n) is 7.88. The lowest BCUT2D eigenvalue weighted by molar-refractivity contribution is 0.102. The van der Waals surface area contributed by atoms with Gasteiger partial charge in [0.15, 0.2) is 5.13 Å². The molecule has 134 valence electrons. The maximum absolute atomic E-state index is 12.9. The summed E-state index contributed by atoms with van der Waals surface area (Å²) in [6, 6.07) is 4.28. The number of piperidine rings is 1. The van der Waals surface area contributed by atoms with Crippen molar-refractivity contribution in [2.75, 3.05) is 18.4 Å². The second kappa shape index (κ2) is 7.41. The van der Waals surface area contributed by atoms with Crippen LogP contribution in [0.25, 0.3) is 0 Å². The first-order chi connectivity index (χ1) is 11.9. The molecule has 0 spiro atoms. The van der Waals surface area contributed by atoms with Crippen molar-refractivity contribution in [2.24, 2.45) is 5.92 Å². The molecule has 25 heavy (non-hydrogen) atoms. The number of sulfonamides is 1. The summed E-state index contributed by atoms with van der Waals surface area (Å²) in [4.78, 5) is 16.3. The lowest BCUT2D eigenvalue weighted by Crippen LogP contribution is -2.39. The van der Waals surface area contributed by atoms with Gasteiger partial charge >= 0.3 is 0 Å². The third-order valence-corrected chi connectivity index (χ3v) is 7.12. The van der Waals surface area contributed by atoms with Crippen molar-refractivity contribution in [1.82, 2.24) is 9.29 Å². The van der Waals surface area contributed by atoms with E-state index in [1.54, 1.807) is 11.6 Å². The highest BCUT2D eigenvalue weighted by Gasteiger charge is 2.30. The van der Waals surface area contributed by atoms with E-state index < -0.39 is 15.9 Å². The Kier molecular flexibility index (Phi) is 5.43. The zero-order valence-corrected chi connectivity index (χ0v) is 16.0. The summed E-state index contributed by atoms with van der Waals surface area (Å²) in [6.45, 7) is 2.97. The molecule has 1 atom stereocenters. The highest BCUT2D eigenvalue weighted by Crippen LogP contribution is 2.29. The van der Waals surface area contributed by atoms with E-state index in [9.17, 15) is 13.2 Å². The molecule has 0 saturated carbocycles. The highest BCUT2D eigenvalue weighted by atomic mass is 35.5. The number of hydrogen-bond donors (Lipinski definition) is 1. The third kappa shape index (κ3) is 4.03. The number of carbonyl (C=O) groups excluding carboxylic acids is 1. The molecule has 1 aromatic heterocycles. The minimum Gasteiger partial charge on any atom is -0.298 e. The second-order valence-electron chi connectivity index (χ2n) is 6.05. The van der Waals surface area contributed by atoms with Gasteiger partial charge in [0.25, 0.3) is 5.91 Å². The van der Waals surface area contributed by atoms with Gasteiger partial charge in [0.2, 0.25) is 10.0 Å². The predicted octanol–water partition coefficient (Wildman–Crippen LogP) is 3.47. The summed E-state index contributed by atoms with van der Waals surface area (Å²) >= 11 is 7.42. The number of benzene rings is 1. The molecule has 1 aliphatic heterocycles. The van der Waals surface area contributed by atoms with E-state index in [1.807, 2.05) is 6.92 Å². The summed E-state index contributed by atoms with van der Waals surface area (Å²) < 4.78 is 27.3. The van der Waals surface area contributed by atoms with Gasteiger partial charge in [-0.2, -0.15) is 4.31 Å². The zero-order valence-electron chi connectivity index (χ0n) is 13.6. The molecule has 0 aliphatic carbocycles. The molecule has 1 saturated heterocycles. The largest absolute Gasteiger partial charge is 0.298 e. The van der Waals surface area contributed by atoms with Crippen LogP contribution in [0.1, 0.15) is 30.1 Å². The molecule has 2 heterocycles. The normalized spacial score (nSPS) is 18.9. The predicted molar refractivity (Wildman–Crippen MR) is 98.7 cm³/mol. The zero-order chi connectivity index (χ0) is 18.0. The van der Waals surface area contributed by atoms with Crippen molar-refractivity contribution in [3.05, 3.63) is 40.4 Å². The molecule has 0 bridgehead atoms. The Morgan fingerprint density at radius 3 is 2.92 bits per heavy atom. The van der Waals surface area contributed by atoms with Gasteiger partial charge in [-0.05, 0) is 37.0 Å². The molecule has 3 rings (SSSR count). The van der Waals surface area contributed by atoms with Gasteiger partial charge in [0, 0.05) is 30.2 Å². The van der Waals surface area contributed by atoms with Crippen molar-refractivity contribution >= 4 is 44.0 Å². The number of halogens is 1. The average Bonchev–Trinajstić information content (AvgIpc) is 3.08. The quantitative estimate of drug-likeness (QED) is 0.853. The number of amides is 1. The van der Waals surface area contributed by atoms with Gasteiger partial charge < -0.3 is 0 Å². The van der Waals surface area contributed by atoms with Crippen molar-refractivity contribution < 1.29 is 13.2 Å². The van der Waals surface area contributed by atoms with E-state index in [-0.39, 0.29) is 15.5 Å². The summed E-state index contributed by atoms with van der Waals surface area (Å²) in [5, 5.41) is 4.95. The number of nitrogens with zero attached hydrogens (tertiary/aromatic N) is 2. The smallest absolute Gasteiger partial charge is 0.257 e. The monoisotopic (exact) mass is 399 g/mol. The maximum atomic E-state index is 12.9. The average molecular weight is 400 g/mol. The summed E-state index contributed by atoms with van der Waals surface area (Å²) in [5.41, 5.74) is 0.225. The minimum absolute atomic E-state index is 0.0324. The molecular formula is C16H18ClN3O3S2. The van der Waals surface area contributed by atoms with Gasteiger partial charge in [0.05, 0.1) is 5.02 Å². The lowest BCUT2D eigenvalue weighted by Gasteiger charge is -2.30.